The standard InChI is InChI=1S/C26H40N2O2/c1-2-3-8-22-9-11-23(12-10-22)15-19-27-17-6-4-5-7-18-28-20-16-24-13-14-25(29)26(30)21-24/h9-14,21,27-30H,2-8,15-20H2,1H3. The molecule has 30 heavy (non-hydrogen) atoms. The summed E-state index contributed by atoms with van der Waals surface area (Å²) in [5.41, 5.74) is 3.93. The summed E-state index contributed by atoms with van der Waals surface area (Å²) in [6, 6.07) is 14.2. The summed E-state index contributed by atoms with van der Waals surface area (Å²) in [6.45, 7) is 6.33. The SMILES string of the molecule is CCCCc1ccc(CCNCCCCCCNCCc2ccc(O)c(O)c2)cc1. The summed E-state index contributed by atoms with van der Waals surface area (Å²) in [4.78, 5) is 0. The van der Waals surface area contributed by atoms with Gasteiger partial charge in [0.2, 0.25) is 0 Å². The third-order valence-corrected chi connectivity index (χ3v) is 5.52. The van der Waals surface area contributed by atoms with E-state index in [1.807, 2.05) is 6.07 Å². The van der Waals surface area contributed by atoms with Crippen molar-refractivity contribution in [3.8, 4) is 11.5 Å². The second kappa shape index (κ2) is 14.9. The molecule has 0 aliphatic rings. The summed E-state index contributed by atoms with van der Waals surface area (Å²) in [5, 5.41) is 25.8. The lowest BCUT2D eigenvalue weighted by atomic mass is 10.0. The first-order valence-corrected chi connectivity index (χ1v) is 11.7. The molecule has 0 saturated heterocycles. The molecule has 2 aromatic rings. The number of hydrogen-bond acceptors (Lipinski definition) is 4. The second-order valence-electron chi connectivity index (χ2n) is 8.16. The molecule has 0 fully saturated rings. The molecule has 4 nitrogen and oxygen atoms in total. The Kier molecular flexibility index (Phi) is 12.0. The van der Waals surface area contributed by atoms with E-state index < -0.39 is 0 Å². The first kappa shape index (κ1) is 24.2. The lowest BCUT2D eigenvalue weighted by Gasteiger charge is -2.07. The van der Waals surface area contributed by atoms with Gasteiger partial charge in [0.25, 0.3) is 0 Å². The Balaban J connectivity index is 1.38. The Morgan fingerprint density at radius 2 is 1.10 bits per heavy atom. The van der Waals surface area contributed by atoms with Crippen molar-refractivity contribution in [1.29, 1.82) is 0 Å². The van der Waals surface area contributed by atoms with Gasteiger partial charge < -0.3 is 20.8 Å². The van der Waals surface area contributed by atoms with Gasteiger partial charge in [-0.05, 0) is 93.5 Å². The first-order chi connectivity index (χ1) is 14.7. The minimum Gasteiger partial charge on any atom is -0.504 e. The molecular weight excluding hydrogens is 372 g/mol. The van der Waals surface area contributed by atoms with E-state index in [9.17, 15) is 10.2 Å². The molecule has 4 N–H and O–H groups in total. The zero-order chi connectivity index (χ0) is 21.4. The van der Waals surface area contributed by atoms with E-state index >= 15 is 0 Å². The zero-order valence-electron chi connectivity index (χ0n) is 18.6. The highest BCUT2D eigenvalue weighted by Crippen LogP contribution is 2.24. The molecule has 0 radical (unpaired) electrons. The fraction of sp³-hybridized carbons (Fsp3) is 0.538. The van der Waals surface area contributed by atoms with Crippen LogP contribution in [0.15, 0.2) is 42.5 Å². The van der Waals surface area contributed by atoms with Crippen LogP contribution < -0.4 is 10.6 Å². The molecule has 2 rings (SSSR count). The van der Waals surface area contributed by atoms with Crippen LogP contribution in [0, 0.1) is 0 Å². The minimum atomic E-state index is -0.0577. The molecule has 0 heterocycles. The number of unbranched alkanes of at least 4 members (excludes halogenated alkanes) is 4. The largest absolute Gasteiger partial charge is 0.504 e. The Hall–Kier alpha value is -2.04. The normalized spacial score (nSPS) is 11.1. The highest BCUT2D eigenvalue weighted by atomic mass is 16.3. The van der Waals surface area contributed by atoms with E-state index in [0.717, 1.165) is 44.6 Å². The Labute approximate surface area is 182 Å². The summed E-state index contributed by atoms with van der Waals surface area (Å²) in [5.74, 6) is -0.0981. The highest BCUT2D eigenvalue weighted by molar-refractivity contribution is 5.40. The molecule has 0 bridgehead atoms. The lowest BCUT2D eigenvalue weighted by molar-refractivity contribution is 0.403. The van der Waals surface area contributed by atoms with Crippen molar-refractivity contribution in [2.45, 2.75) is 64.7 Å². The number of benzene rings is 2. The third-order valence-electron chi connectivity index (χ3n) is 5.52. The van der Waals surface area contributed by atoms with Crippen LogP contribution >= 0.6 is 0 Å². The predicted molar refractivity (Wildman–Crippen MR) is 126 cm³/mol. The summed E-state index contributed by atoms with van der Waals surface area (Å²) in [6.07, 6.45) is 10.7. The zero-order valence-corrected chi connectivity index (χ0v) is 18.6. The second-order valence-corrected chi connectivity index (χ2v) is 8.16. The van der Waals surface area contributed by atoms with Gasteiger partial charge in [0, 0.05) is 0 Å². The Morgan fingerprint density at radius 1 is 0.567 bits per heavy atom. The van der Waals surface area contributed by atoms with Crippen molar-refractivity contribution >= 4 is 0 Å². The van der Waals surface area contributed by atoms with E-state index in [0.29, 0.717) is 0 Å². The number of aryl methyl sites for hydroxylation is 1. The van der Waals surface area contributed by atoms with Crippen LogP contribution in [0.1, 0.15) is 62.1 Å². The average Bonchev–Trinajstić information content (AvgIpc) is 2.76. The van der Waals surface area contributed by atoms with Gasteiger partial charge in [-0.25, -0.2) is 0 Å². The number of nitrogens with one attached hydrogen (secondary N) is 2. The van der Waals surface area contributed by atoms with Crippen molar-refractivity contribution in [3.05, 3.63) is 59.2 Å². The van der Waals surface area contributed by atoms with Crippen LogP contribution in [0.2, 0.25) is 0 Å². The van der Waals surface area contributed by atoms with Gasteiger partial charge in [0.1, 0.15) is 0 Å². The fourth-order valence-corrected chi connectivity index (χ4v) is 3.55. The van der Waals surface area contributed by atoms with Gasteiger partial charge in [-0.15, -0.1) is 0 Å². The highest BCUT2D eigenvalue weighted by Gasteiger charge is 2.00. The van der Waals surface area contributed by atoms with Crippen molar-refractivity contribution in [1.82, 2.24) is 10.6 Å². The molecule has 0 amide bonds. The van der Waals surface area contributed by atoms with Gasteiger partial charge >= 0.3 is 0 Å². The van der Waals surface area contributed by atoms with E-state index in [1.165, 1.54) is 56.1 Å². The summed E-state index contributed by atoms with van der Waals surface area (Å²) < 4.78 is 0. The molecule has 0 spiro atoms. The smallest absolute Gasteiger partial charge is 0.157 e. The number of hydrogen-bond donors (Lipinski definition) is 4. The van der Waals surface area contributed by atoms with Crippen LogP contribution in [-0.2, 0) is 19.3 Å². The van der Waals surface area contributed by atoms with Crippen molar-refractivity contribution in [2.75, 3.05) is 26.2 Å². The van der Waals surface area contributed by atoms with Crippen LogP contribution in [0.5, 0.6) is 11.5 Å². The van der Waals surface area contributed by atoms with Crippen LogP contribution in [0.4, 0.5) is 0 Å². The summed E-state index contributed by atoms with van der Waals surface area (Å²) >= 11 is 0. The first-order valence-electron chi connectivity index (χ1n) is 11.7. The molecule has 0 unspecified atom stereocenters. The van der Waals surface area contributed by atoms with Crippen LogP contribution in [-0.4, -0.2) is 36.4 Å². The molecule has 0 aliphatic carbocycles. The topological polar surface area (TPSA) is 64.5 Å². The van der Waals surface area contributed by atoms with Gasteiger partial charge in [-0.2, -0.15) is 0 Å². The van der Waals surface area contributed by atoms with E-state index in [-0.39, 0.29) is 11.5 Å². The quantitative estimate of drug-likeness (QED) is 0.232. The van der Waals surface area contributed by atoms with Gasteiger partial charge in [0.05, 0.1) is 0 Å². The van der Waals surface area contributed by atoms with Gasteiger partial charge in [0.15, 0.2) is 11.5 Å². The predicted octanol–water partition coefficient (Wildman–Crippen LogP) is 4.97. The van der Waals surface area contributed by atoms with Crippen LogP contribution in [0.25, 0.3) is 0 Å². The van der Waals surface area contributed by atoms with Crippen molar-refractivity contribution in [2.24, 2.45) is 0 Å². The number of phenols is 2. The Bertz CT molecular complexity index is 701. The Morgan fingerprint density at radius 3 is 1.67 bits per heavy atom. The average molecular weight is 413 g/mol. The van der Waals surface area contributed by atoms with Crippen molar-refractivity contribution in [3.63, 3.8) is 0 Å². The van der Waals surface area contributed by atoms with Crippen LogP contribution in [0.3, 0.4) is 0 Å². The molecule has 4 heteroatoms. The molecular formula is C26H40N2O2. The van der Waals surface area contributed by atoms with E-state index in [4.69, 9.17) is 0 Å². The molecule has 2 aromatic carbocycles. The van der Waals surface area contributed by atoms with Gasteiger partial charge in [-0.3, -0.25) is 0 Å². The number of aromatic hydroxyl groups is 2. The fourth-order valence-electron chi connectivity index (χ4n) is 3.55. The maximum atomic E-state index is 9.50. The maximum absolute atomic E-state index is 9.50. The number of phenolic OH excluding ortho intramolecular Hbond substituents is 2. The minimum absolute atomic E-state index is 0.0403. The monoisotopic (exact) mass is 412 g/mol. The lowest BCUT2D eigenvalue weighted by Crippen LogP contribution is -2.19. The third kappa shape index (κ3) is 10.1. The molecule has 166 valence electrons. The molecule has 0 atom stereocenters. The van der Waals surface area contributed by atoms with E-state index in [2.05, 4.69) is 41.8 Å². The molecule has 0 aromatic heterocycles. The summed E-state index contributed by atoms with van der Waals surface area (Å²) in [7, 11) is 0. The van der Waals surface area contributed by atoms with Crippen molar-refractivity contribution < 1.29 is 10.2 Å². The molecule has 0 saturated carbocycles. The molecule has 0 aliphatic heterocycles. The van der Waals surface area contributed by atoms with Gasteiger partial charge in [-0.1, -0.05) is 56.5 Å². The van der Waals surface area contributed by atoms with E-state index in [1.54, 1.807) is 12.1 Å². The maximum Gasteiger partial charge on any atom is 0.157 e. The number of rotatable bonds is 16.